The van der Waals surface area contributed by atoms with E-state index in [1.165, 1.54) is 18.1 Å². The van der Waals surface area contributed by atoms with E-state index in [1.807, 2.05) is 0 Å². The van der Waals surface area contributed by atoms with Crippen molar-refractivity contribution in [1.82, 2.24) is 0 Å². The predicted octanol–water partition coefficient (Wildman–Crippen LogP) is 2.30. The fourth-order valence-corrected chi connectivity index (χ4v) is 14.8. The van der Waals surface area contributed by atoms with Crippen LogP contribution < -0.4 is 0 Å². The third-order valence-electron chi connectivity index (χ3n) is 19.4. The van der Waals surface area contributed by atoms with E-state index in [9.17, 15) is 46.0 Å². The van der Waals surface area contributed by atoms with Crippen LogP contribution in [-0.4, -0.2) is 157 Å². The molecule has 15 heteroatoms. The largest absolute Gasteiger partial charge is 0.394 e. The van der Waals surface area contributed by atoms with E-state index in [0.29, 0.717) is 24.2 Å². The van der Waals surface area contributed by atoms with E-state index in [1.54, 1.807) is 0 Å². The number of aliphatic hydroxyl groups excluding tert-OH is 8. The molecule has 3 saturated heterocycles. The summed E-state index contributed by atoms with van der Waals surface area (Å²) in [4.78, 5) is 0. The Morgan fingerprint density at radius 3 is 1.98 bits per heavy atom. The van der Waals surface area contributed by atoms with Crippen molar-refractivity contribution in [3.8, 4) is 0 Å². The Labute approximate surface area is 372 Å². The van der Waals surface area contributed by atoms with Crippen LogP contribution in [0.2, 0.25) is 0 Å². The van der Waals surface area contributed by atoms with Gasteiger partial charge in [-0.2, -0.15) is 0 Å². The lowest BCUT2D eigenvalue weighted by atomic mass is 9.35. The molecule has 0 radical (unpaired) electrons. The van der Waals surface area contributed by atoms with Crippen LogP contribution >= 0.6 is 0 Å². The van der Waals surface area contributed by atoms with E-state index in [2.05, 4.69) is 74.5 Å². The fraction of sp³-hybridized carbons (Fsp3) is 0.917. The van der Waals surface area contributed by atoms with Crippen LogP contribution in [0, 0.1) is 57.2 Å². The Morgan fingerprint density at radius 2 is 1.32 bits per heavy atom. The molecule has 8 rings (SSSR count). The number of fused-ring (bicyclic) bond motifs is 6. The second-order valence-corrected chi connectivity index (χ2v) is 22.6. The van der Waals surface area contributed by atoms with Crippen molar-refractivity contribution in [3.63, 3.8) is 0 Å². The van der Waals surface area contributed by atoms with Crippen LogP contribution in [0.1, 0.15) is 108 Å². The molecular formula is C48H78O15. The predicted molar refractivity (Wildman–Crippen MR) is 227 cm³/mol. The highest BCUT2D eigenvalue weighted by atomic mass is 16.8. The number of ether oxygens (including phenoxy) is 6. The lowest BCUT2D eigenvalue weighted by Gasteiger charge is -2.69. The molecule has 0 bridgehead atoms. The van der Waals surface area contributed by atoms with Crippen molar-refractivity contribution in [1.29, 1.82) is 0 Å². The molecule has 3 heterocycles. The van der Waals surface area contributed by atoms with Gasteiger partial charge in [0.1, 0.15) is 61.0 Å². The Balaban J connectivity index is 1.08. The van der Waals surface area contributed by atoms with Gasteiger partial charge in [0.2, 0.25) is 0 Å². The lowest BCUT2D eigenvalue weighted by Crippen LogP contribution is -2.66. The van der Waals surface area contributed by atoms with E-state index in [-0.39, 0.29) is 46.7 Å². The standard InChI is InChI=1S/C48H78O15/c1-21-22(2)25-13-17-46(8)26(32(25)48(10,57)23(21)3)11-12-30-45(7)16-15-31(44(5,6)29(45)14-18-47(30,46)9)61-43-40(63-41-37(55)35(53)33(51)24(4)59-41)39(27(50)20-58-43)62-42-38(56)36(54)34(52)28(19-49)60-42/h11-12,21-25,27-31,33-43,49-57H,13-20H2,1-10H3. The van der Waals surface area contributed by atoms with Crippen LogP contribution in [-0.2, 0) is 28.4 Å². The van der Waals surface area contributed by atoms with Crippen LogP contribution in [0.5, 0.6) is 0 Å². The molecule has 25 atom stereocenters. The van der Waals surface area contributed by atoms with Crippen molar-refractivity contribution in [2.24, 2.45) is 57.2 Å². The Morgan fingerprint density at radius 1 is 0.683 bits per heavy atom. The van der Waals surface area contributed by atoms with Gasteiger partial charge in [-0.15, -0.1) is 0 Å². The maximum absolute atomic E-state index is 12.3. The minimum absolute atomic E-state index is 0.0532. The highest BCUT2D eigenvalue weighted by Gasteiger charge is 2.68. The fourth-order valence-electron chi connectivity index (χ4n) is 14.8. The first kappa shape index (κ1) is 48.3. The number of aliphatic hydroxyl groups is 9. The van der Waals surface area contributed by atoms with Gasteiger partial charge in [-0.05, 0) is 121 Å². The van der Waals surface area contributed by atoms with Gasteiger partial charge in [-0.25, -0.2) is 0 Å². The lowest BCUT2D eigenvalue weighted by molar-refractivity contribution is -0.388. The summed E-state index contributed by atoms with van der Waals surface area (Å²) in [7, 11) is 0. The molecule has 25 unspecified atom stereocenters. The minimum Gasteiger partial charge on any atom is -0.394 e. The minimum atomic E-state index is -1.79. The zero-order valence-corrected chi connectivity index (χ0v) is 38.9. The molecule has 0 amide bonds. The van der Waals surface area contributed by atoms with Crippen molar-refractivity contribution in [2.45, 2.75) is 205 Å². The monoisotopic (exact) mass is 895 g/mol. The van der Waals surface area contributed by atoms with Crippen molar-refractivity contribution in [2.75, 3.05) is 13.2 Å². The molecule has 3 saturated carbocycles. The van der Waals surface area contributed by atoms with Gasteiger partial charge in [-0.1, -0.05) is 67.5 Å². The highest BCUT2D eigenvalue weighted by Crippen LogP contribution is 2.74. The number of hydrogen-bond acceptors (Lipinski definition) is 15. The summed E-state index contributed by atoms with van der Waals surface area (Å²) in [6.07, 6.45) is -10.7. The average molecular weight is 895 g/mol. The molecule has 0 aromatic carbocycles. The SMILES string of the molecule is CC1OC(OC2C(OC3CCC4(C)C(CCC5(C)C4C=CC4=C6C(CCC45C)C(C)C(C)C(C)C6(C)O)C3(C)C)OCC(O)C2OC2OC(CO)C(O)C(O)C2O)C(O)C(O)C1O. The summed E-state index contributed by atoms with van der Waals surface area (Å²) >= 11 is 0. The maximum atomic E-state index is 12.3. The summed E-state index contributed by atoms with van der Waals surface area (Å²) in [5.41, 5.74) is 1.07. The number of hydrogen-bond donors (Lipinski definition) is 9. The average Bonchev–Trinajstić information content (AvgIpc) is 3.23. The van der Waals surface area contributed by atoms with Crippen LogP contribution in [0.3, 0.4) is 0 Å². The smallest absolute Gasteiger partial charge is 0.187 e. The summed E-state index contributed by atoms with van der Waals surface area (Å²) < 4.78 is 37.2. The second kappa shape index (κ2) is 16.8. The molecule has 0 aromatic heterocycles. The van der Waals surface area contributed by atoms with Crippen molar-refractivity contribution in [3.05, 3.63) is 23.3 Å². The molecule has 6 fully saturated rings. The van der Waals surface area contributed by atoms with Crippen LogP contribution in [0.15, 0.2) is 23.3 Å². The first-order valence-electron chi connectivity index (χ1n) is 23.8. The molecular weight excluding hydrogens is 817 g/mol. The van der Waals surface area contributed by atoms with E-state index < -0.39 is 104 Å². The van der Waals surface area contributed by atoms with E-state index >= 15 is 0 Å². The van der Waals surface area contributed by atoms with Crippen LogP contribution in [0.4, 0.5) is 0 Å². The summed E-state index contributed by atoms with van der Waals surface area (Å²) in [6.45, 7) is 21.4. The van der Waals surface area contributed by atoms with Crippen molar-refractivity contribution >= 4 is 0 Å². The Bertz CT molecular complexity index is 1740. The van der Waals surface area contributed by atoms with Gasteiger partial charge < -0.3 is 74.4 Å². The molecule has 360 valence electrons. The van der Waals surface area contributed by atoms with Gasteiger partial charge in [-0.3, -0.25) is 0 Å². The van der Waals surface area contributed by atoms with Gasteiger partial charge in [0.25, 0.3) is 0 Å². The normalized spacial score (nSPS) is 56.8. The molecule has 3 aliphatic heterocycles. The Kier molecular flexibility index (Phi) is 12.9. The molecule has 63 heavy (non-hydrogen) atoms. The maximum Gasteiger partial charge on any atom is 0.187 e. The van der Waals surface area contributed by atoms with E-state index in [0.717, 1.165) is 32.1 Å². The molecule has 8 aliphatic rings. The number of allylic oxidation sites excluding steroid dienone is 3. The van der Waals surface area contributed by atoms with E-state index in [4.69, 9.17) is 28.4 Å². The van der Waals surface area contributed by atoms with Crippen molar-refractivity contribution < 1.29 is 74.4 Å². The topological polar surface area (TPSA) is 237 Å². The molecule has 0 spiro atoms. The quantitative estimate of drug-likeness (QED) is 0.167. The molecule has 9 N–H and O–H groups in total. The second-order valence-electron chi connectivity index (χ2n) is 22.6. The first-order chi connectivity index (χ1) is 29.4. The zero-order chi connectivity index (χ0) is 46.1. The molecule has 5 aliphatic carbocycles. The summed E-state index contributed by atoms with van der Waals surface area (Å²) in [6, 6.07) is 0. The third kappa shape index (κ3) is 7.31. The zero-order valence-electron chi connectivity index (χ0n) is 38.9. The highest BCUT2D eigenvalue weighted by molar-refractivity contribution is 5.47. The van der Waals surface area contributed by atoms with Gasteiger partial charge in [0, 0.05) is 0 Å². The summed E-state index contributed by atoms with van der Waals surface area (Å²) in [5, 5.41) is 97.7. The molecule has 15 nitrogen and oxygen atoms in total. The number of rotatable bonds is 7. The van der Waals surface area contributed by atoms with Gasteiger partial charge >= 0.3 is 0 Å². The van der Waals surface area contributed by atoms with Crippen LogP contribution in [0.25, 0.3) is 0 Å². The third-order valence-corrected chi connectivity index (χ3v) is 19.4. The van der Waals surface area contributed by atoms with Gasteiger partial charge in [0.05, 0.1) is 31.0 Å². The first-order valence-corrected chi connectivity index (χ1v) is 23.8. The summed E-state index contributed by atoms with van der Waals surface area (Å²) in [5.74, 6) is 1.91. The Hall–Kier alpha value is -1.12. The van der Waals surface area contributed by atoms with Gasteiger partial charge in [0.15, 0.2) is 18.9 Å². The molecule has 0 aromatic rings.